The summed E-state index contributed by atoms with van der Waals surface area (Å²) in [5, 5.41) is 0. The van der Waals surface area contributed by atoms with Crippen molar-refractivity contribution >= 4 is 15.7 Å². The summed E-state index contributed by atoms with van der Waals surface area (Å²) < 4.78 is 52.3. The minimum atomic E-state index is -3.99. The van der Waals surface area contributed by atoms with Crippen LogP contribution in [-0.4, -0.2) is 8.42 Å². The van der Waals surface area contributed by atoms with Crippen LogP contribution in [0.5, 0.6) is 0 Å². The fourth-order valence-electron chi connectivity index (χ4n) is 1.39. The van der Waals surface area contributed by atoms with E-state index in [0.717, 1.165) is 18.2 Å². The fraction of sp³-hybridized carbons (Fsp3) is 0. The number of halogens is 2. The Balaban J connectivity index is 2.41. The molecule has 0 unspecified atom stereocenters. The normalized spacial score (nSPS) is 11.2. The van der Waals surface area contributed by atoms with Gasteiger partial charge in [-0.1, -0.05) is 24.3 Å². The molecule has 0 aromatic heterocycles. The maximum absolute atomic E-state index is 13.3. The Labute approximate surface area is 103 Å². The smallest absolute Gasteiger partial charge is 0.262 e. The fourth-order valence-corrected chi connectivity index (χ4v) is 2.49. The van der Waals surface area contributed by atoms with Gasteiger partial charge in [0, 0.05) is 0 Å². The molecule has 2 aromatic rings. The van der Waals surface area contributed by atoms with Gasteiger partial charge in [-0.3, -0.25) is 4.72 Å². The molecule has 1 N–H and O–H groups in total. The summed E-state index contributed by atoms with van der Waals surface area (Å²) in [6.07, 6.45) is 0. The van der Waals surface area contributed by atoms with Crippen molar-refractivity contribution in [1.82, 2.24) is 0 Å². The lowest BCUT2D eigenvalue weighted by molar-refractivity contribution is 0.583. The lowest BCUT2D eigenvalue weighted by Gasteiger charge is -2.09. The molecular formula is C12H9F2NO2S. The number of hydrogen-bond acceptors (Lipinski definition) is 2. The average Bonchev–Trinajstić information content (AvgIpc) is 2.35. The second kappa shape index (κ2) is 4.73. The van der Waals surface area contributed by atoms with E-state index in [9.17, 15) is 17.2 Å². The number of sulfonamides is 1. The van der Waals surface area contributed by atoms with E-state index >= 15 is 0 Å². The molecule has 0 amide bonds. The highest BCUT2D eigenvalue weighted by Gasteiger charge is 2.18. The Morgan fingerprint density at radius 3 is 1.94 bits per heavy atom. The molecule has 3 nitrogen and oxygen atoms in total. The Bertz CT molecular complexity index is 637. The molecule has 18 heavy (non-hydrogen) atoms. The third-order valence-corrected chi connectivity index (χ3v) is 3.62. The van der Waals surface area contributed by atoms with Crippen molar-refractivity contribution in [2.45, 2.75) is 4.90 Å². The van der Waals surface area contributed by atoms with Gasteiger partial charge in [-0.15, -0.1) is 0 Å². The monoisotopic (exact) mass is 269 g/mol. The first-order valence-electron chi connectivity index (χ1n) is 5.02. The Morgan fingerprint density at radius 1 is 0.833 bits per heavy atom. The summed E-state index contributed by atoms with van der Waals surface area (Å²) in [6.45, 7) is 0. The second-order valence-corrected chi connectivity index (χ2v) is 5.20. The van der Waals surface area contributed by atoms with Crippen molar-refractivity contribution in [1.29, 1.82) is 0 Å². The Kier molecular flexibility index (Phi) is 3.29. The highest BCUT2D eigenvalue weighted by Crippen LogP contribution is 2.21. The van der Waals surface area contributed by atoms with Crippen LogP contribution in [0.25, 0.3) is 0 Å². The number of para-hydroxylation sites is 1. The molecule has 0 bridgehead atoms. The molecule has 0 saturated heterocycles. The molecule has 2 rings (SSSR count). The van der Waals surface area contributed by atoms with Crippen LogP contribution in [0, 0.1) is 11.6 Å². The molecular weight excluding hydrogens is 260 g/mol. The van der Waals surface area contributed by atoms with Gasteiger partial charge in [0.15, 0.2) is 0 Å². The predicted octanol–water partition coefficient (Wildman–Crippen LogP) is 2.77. The zero-order valence-electron chi connectivity index (χ0n) is 9.10. The minimum Gasteiger partial charge on any atom is -0.274 e. The summed E-state index contributed by atoms with van der Waals surface area (Å²) in [4.78, 5) is -0.0624. The van der Waals surface area contributed by atoms with Crippen LogP contribution in [-0.2, 0) is 10.0 Å². The van der Waals surface area contributed by atoms with Crippen molar-refractivity contribution in [3.05, 3.63) is 60.2 Å². The zero-order valence-corrected chi connectivity index (χ0v) is 9.92. The molecule has 0 spiro atoms. The van der Waals surface area contributed by atoms with Gasteiger partial charge >= 0.3 is 0 Å². The summed E-state index contributed by atoms with van der Waals surface area (Å²) in [5.74, 6) is -1.93. The van der Waals surface area contributed by atoms with E-state index in [0.29, 0.717) is 0 Å². The molecule has 0 aliphatic heterocycles. The van der Waals surface area contributed by atoms with E-state index in [1.165, 1.54) is 24.3 Å². The van der Waals surface area contributed by atoms with Gasteiger partial charge in [0.1, 0.15) is 17.3 Å². The first kappa shape index (κ1) is 12.5. The molecule has 0 aliphatic carbocycles. The number of rotatable bonds is 3. The summed E-state index contributed by atoms with van der Waals surface area (Å²) in [6, 6.07) is 10.5. The van der Waals surface area contributed by atoms with Crippen LogP contribution in [0.15, 0.2) is 53.4 Å². The Morgan fingerprint density at radius 2 is 1.39 bits per heavy atom. The van der Waals surface area contributed by atoms with Crippen LogP contribution in [0.2, 0.25) is 0 Å². The lowest BCUT2D eigenvalue weighted by Crippen LogP contribution is -2.15. The average molecular weight is 269 g/mol. The van der Waals surface area contributed by atoms with Crippen molar-refractivity contribution in [3.8, 4) is 0 Å². The van der Waals surface area contributed by atoms with E-state index in [2.05, 4.69) is 0 Å². The highest BCUT2D eigenvalue weighted by atomic mass is 32.2. The number of benzene rings is 2. The standard InChI is InChI=1S/C12H9F2NO2S/c13-10-7-4-8-11(14)12(10)15-18(16,17)9-5-2-1-3-6-9/h1-8,15H. The van der Waals surface area contributed by atoms with E-state index < -0.39 is 27.3 Å². The second-order valence-electron chi connectivity index (χ2n) is 3.52. The van der Waals surface area contributed by atoms with Crippen molar-refractivity contribution < 1.29 is 17.2 Å². The third-order valence-electron chi connectivity index (χ3n) is 2.25. The number of hydrogen-bond donors (Lipinski definition) is 1. The quantitative estimate of drug-likeness (QED) is 0.931. The van der Waals surface area contributed by atoms with Crippen LogP contribution >= 0.6 is 0 Å². The maximum atomic E-state index is 13.3. The molecule has 0 saturated carbocycles. The number of anilines is 1. The topological polar surface area (TPSA) is 46.2 Å². The summed E-state index contributed by atoms with van der Waals surface area (Å²) in [7, 11) is -3.99. The highest BCUT2D eigenvalue weighted by molar-refractivity contribution is 7.92. The molecule has 0 atom stereocenters. The largest absolute Gasteiger partial charge is 0.274 e. The van der Waals surface area contributed by atoms with E-state index in [4.69, 9.17) is 0 Å². The van der Waals surface area contributed by atoms with Gasteiger partial charge in [-0.2, -0.15) is 0 Å². The van der Waals surface area contributed by atoms with Crippen molar-refractivity contribution in [2.24, 2.45) is 0 Å². The molecule has 6 heteroatoms. The first-order valence-corrected chi connectivity index (χ1v) is 6.51. The van der Waals surface area contributed by atoms with Crippen molar-refractivity contribution in [3.63, 3.8) is 0 Å². The van der Waals surface area contributed by atoms with Crippen LogP contribution in [0.3, 0.4) is 0 Å². The van der Waals surface area contributed by atoms with Gasteiger partial charge in [0.25, 0.3) is 10.0 Å². The molecule has 0 radical (unpaired) electrons. The zero-order chi connectivity index (χ0) is 13.2. The molecule has 0 aliphatic rings. The Hall–Kier alpha value is -1.95. The van der Waals surface area contributed by atoms with Crippen molar-refractivity contribution in [2.75, 3.05) is 4.72 Å². The van der Waals surface area contributed by atoms with Gasteiger partial charge in [0.05, 0.1) is 4.90 Å². The van der Waals surface area contributed by atoms with E-state index in [-0.39, 0.29) is 4.90 Å². The van der Waals surface area contributed by atoms with Crippen LogP contribution in [0.1, 0.15) is 0 Å². The molecule has 94 valence electrons. The van der Waals surface area contributed by atoms with Gasteiger partial charge in [-0.05, 0) is 24.3 Å². The van der Waals surface area contributed by atoms with Crippen LogP contribution < -0.4 is 4.72 Å². The maximum Gasteiger partial charge on any atom is 0.262 e. The van der Waals surface area contributed by atoms with Gasteiger partial charge in [0.2, 0.25) is 0 Å². The summed E-state index contributed by atoms with van der Waals surface area (Å²) in [5.41, 5.74) is -0.679. The van der Waals surface area contributed by atoms with Crippen LogP contribution in [0.4, 0.5) is 14.5 Å². The molecule has 0 fully saturated rings. The van der Waals surface area contributed by atoms with E-state index in [1.807, 2.05) is 4.72 Å². The SMILES string of the molecule is O=S(=O)(Nc1c(F)cccc1F)c1ccccc1. The van der Waals surface area contributed by atoms with Gasteiger partial charge in [-0.25, -0.2) is 17.2 Å². The van der Waals surface area contributed by atoms with E-state index in [1.54, 1.807) is 6.07 Å². The predicted molar refractivity (Wildman–Crippen MR) is 63.6 cm³/mol. The lowest BCUT2D eigenvalue weighted by atomic mass is 10.3. The van der Waals surface area contributed by atoms with Gasteiger partial charge < -0.3 is 0 Å². The minimum absolute atomic E-state index is 0.0624. The number of nitrogens with one attached hydrogen (secondary N) is 1. The molecule has 2 aromatic carbocycles. The first-order chi connectivity index (χ1) is 8.50. The summed E-state index contributed by atoms with van der Waals surface area (Å²) >= 11 is 0. The molecule has 0 heterocycles. The third kappa shape index (κ3) is 2.48.